The first-order valence-electron chi connectivity index (χ1n) is 4.52. The molecule has 1 aromatic rings. The SMILES string of the molecule is Cc1ccc(C2CCC(=O)S2)cc1. The Labute approximate surface area is 82.5 Å². The fourth-order valence-corrected chi connectivity index (χ4v) is 2.62. The van der Waals surface area contributed by atoms with Gasteiger partial charge in [-0.15, -0.1) is 0 Å². The van der Waals surface area contributed by atoms with Gasteiger partial charge in [-0.25, -0.2) is 0 Å². The van der Waals surface area contributed by atoms with E-state index < -0.39 is 0 Å². The molecule has 13 heavy (non-hydrogen) atoms. The van der Waals surface area contributed by atoms with E-state index in [1.165, 1.54) is 22.9 Å². The zero-order chi connectivity index (χ0) is 9.26. The molecular formula is C11H12OS. The van der Waals surface area contributed by atoms with E-state index >= 15 is 0 Å². The van der Waals surface area contributed by atoms with Crippen molar-refractivity contribution in [2.75, 3.05) is 0 Å². The average molecular weight is 192 g/mol. The molecule has 0 radical (unpaired) electrons. The van der Waals surface area contributed by atoms with Crippen molar-refractivity contribution in [3.63, 3.8) is 0 Å². The van der Waals surface area contributed by atoms with Gasteiger partial charge in [0.2, 0.25) is 0 Å². The first-order valence-corrected chi connectivity index (χ1v) is 5.40. The Hall–Kier alpha value is -0.760. The van der Waals surface area contributed by atoms with Gasteiger partial charge in [-0.3, -0.25) is 4.79 Å². The molecule has 1 aliphatic heterocycles. The molecule has 0 aliphatic carbocycles. The summed E-state index contributed by atoms with van der Waals surface area (Å²) in [5, 5.41) is 0.749. The lowest BCUT2D eigenvalue weighted by molar-refractivity contribution is -0.110. The molecule has 1 fully saturated rings. The van der Waals surface area contributed by atoms with Crippen LogP contribution in [0.5, 0.6) is 0 Å². The Morgan fingerprint density at radius 3 is 2.54 bits per heavy atom. The van der Waals surface area contributed by atoms with Gasteiger partial charge in [0.05, 0.1) is 0 Å². The Morgan fingerprint density at radius 1 is 1.31 bits per heavy atom. The van der Waals surface area contributed by atoms with Crippen LogP contribution in [0.1, 0.15) is 29.2 Å². The maximum atomic E-state index is 11.1. The number of carbonyl (C=O) groups excluding carboxylic acids is 1. The van der Waals surface area contributed by atoms with E-state index in [2.05, 4.69) is 31.2 Å². The van der Waals surface area contributed by atoms with Crippen LogP contribution >= 0.6 is 11.8 Å². The first-order chi connectivity index (χ1) is 6.25. The molecule has 68 valence electrons. The smallest absolute Gasteiger partial charge is 0.189 e. The van der Waals surface area contributed by atoms with Gasteiger partial charge in [0.25, 0.3) is 0 Å². The summed E-state index contributed by atoms with van der Waals surface area (Å²) < 4.78 is 0. The highest BCUT2D eigenvalue weighted by atomic mass is 32.2. The lowest BCUT2D eigenvalue weighted by Gasteiger charge is -2.07. The average Bonchev–Trinajstić information content (AvgIpc) is 2.53. The normalized spacial score (nSPS) is 22.2. The maximum Gasteiger partial charge on any atom is 0.189 e. The van der Waals surface area contributed by atoms with Crippen LogP contribution in [0.25, 0.3) is 0 Å². The molecule has 1 atom stereocenters. The second kappa shape index (κ2) is 3.54. The number of hydrogen-bond acceptors (Lipinski definition) is 2. The van der Waals surface area contributed by atoms with Gasteiger partial charge in [0, 0.05) is 11.7 Å². The fourth-order valence-electron chi connectivity index (χ4n) is 1.54. The topological polar surface area (TPSA) is 17.1 Å². The quantitative estimate of drug-likeness (QED) is 0.680. The minimum atomic E-state index is 0.338. The minimum Gasteiger partial charge on any atom is -0.287 e. The van der Waals surface area contributed by atoms with Gasteiger partial charge in [-0.2, -0.15) is 0 Å². The van der Waals surface area contributed by atoms with Gasteiger partial charge in [0.1, 0.15) is 0 Å². The number of hydrogen-bond donors (Lipinski definition) is 0. The van der Waals surface area contributed by atoms with E-state index in [-0.39, 0.29) is 0 Å². The van der Waals surface area contributed by atoms with Crippen LogP contribution in [0.3, 0.4) is 0 Å². The van der Waals surface area contributed by atoms with Gasteiger partial charge in [0.15, 0.2) is 5.12 Å². The van der Waals surface area contributed by atoms with Crippen molar-refractivity contribution in [1.82, 2.24) is 0 Å². The zero-order valence-electron chi connectivity index (χ0n) is 7.62. The molecule has 0 N–H and O–H groups in total. The predicted octanol–water partition coefficient (Wildman–Crippen LogP) is 3.09. The zero-order valence-corrected chi connectivity index (χ0v) is 8.43. The molecule has 2 heteroatoms. The molecule has 1 unspecified atom stereocenters. The predicted molar refractivity (Wildman–Crippen MR) is 55.8 cm³/mol. The molecule has 1 aromatic carbocycles. The molecular weight excluding hydrogens is 180 g/mol. The molecule has 0 amide bonds. The molecule has 1 nitrogen and oxygen atoms in total. The monoisotopic (exact) mass is 192 g/mol. The van der Waals surface area contributed by atoms with Crippen molar-refractivity contribution in [2.45, 2.75) is 25.0 Å². The van der Waals surface area contributed by atoms with Gasteiger partial charge < -0.3 is 0 Å². The summed E-state index contributed by atoms with van der Waals surface area (Å²) in [7, 11) is 0. The number of carbonyl (C=O) groups is 1. The fraction of sp³-hybridized carbons (Fsp3) is 0.364. The third-order valence-electron chi connectivity index (χ3n) is 2.33. The maximum absolute atomic E-state index is 11.1. The van der Waals surface area contributed by atoms with Gasteiger partial charge >= 0.3 is 0 Å². The molecule has 0 bridgehead atoms. The van der Waals surface area contributed by atoms with E-state index in [1.54, 1.807) is 0 Å². The van der Waals surface area contributed by atoms with Crippen molar-refractivity contribution in [1.29, 1.82) is 0 Å². The van der Waals surface area contributed by atoms with E-state index in [0.29, 0.717) is 10.4 Å². The van der Waals surface area contributed by atoms with Crippen LogP contribution in [0.15, 0.2) is 24.3 Å². The van der Waals surface area contributed by atoms with Gasteiger partial charge in [-0.05, 0) is 18.9 Å². The second-order valence-corrected chi connectivity index (χ2v) is 4.69. The summed E-state index contributed by atoms with van der Waals surface area (Å²) in [6, 6.07) is 8.48. The molecule has 1 heterocycles. The summed E-state index contributed by atoms with van der Waals surface area (Å²) in [6.45, 7) is 2.08. The lowest BCUT2D eigenvalue weighted by atomic mass is 10.1. The van der Waals surface area contributed by atoms with Crippen LogP contribution in [-0.2, 0) is 4.79 Å². The number of thioether (sulfide) groups is 1. The van der Waals surface area contributed by atoms with Crippen molar-refractivity contribution < 1.29 is 4.79 Å². The van der Waals surface area contributed by atoms with Crippen LogP contribution in [0, 0.1) is 6.92 Å². The Balaban J connectivity index is 2.17. The van der Waals surface area contributed by atoms with Crippen molar-refractivity contribution in [3.05, 3.63) is 35.4 Å². The van der Waals surface area contributed by atoms with Crippen LogP contribution in [0.2, 0.25) is 0 Å². The van der Waals surface area contributed by atoms with E-state index in [4.69, 9.17) is 0 Å². The summed E-state index contributed by atoms with van der Waals surface area (Å²) >= 11 is 1.49. The Morgan fingerprint density at radius 2 is 2.00 bits per heavy atom. The standard InChI is InChI=1S/C11H12OS/c1-8-2-4-9(5-3-8)10-6-7-11(12)13-10/h2-5,10H,6-7H2,1H3. The minimum absolute atomic E-state index is 0.338. The van der Waals surface area contributed by atoms with Crippen molar-refractivity contribution in [2.24, 2.45) is 0 Å². The molecule has 1 aliphatic rings. The van der Waals surface area contributed by atoms with Crippen molar-refractivity contribution >= 4 is 16.9 Å². The largest absolute Gasteiger partial charge is 0.287 e. The third-order valence-corrected chi connectivity index (χ3v) is 3.59. The van der Waals surface area contributed by atoms with Crippen LogP contribution in [-0.4, -0.2) is 5.12 Å². The lowest BCUT2D eigenvalue weighted by Crippen LogP contribution is -1.87. The first kappa shape index (κ1) is 8.82. The second-order valence-electron chi connectivity index (χ2n) is 3.43. The summed E-state index contributed by atoms with van der Waals surface area (Å²) in [5.41, 5.74) is 2.57. The number of benzene rings is 1. The highest BCUT2D eigenvalue weighted by molar-refractivity contribution is 8.14. The number of rotatable bonds is 1. The Bertz CT molecular complexity index is 315. The summed E-state index contributed by atoms with van der Waals surface area (Å²) in [5.74, 6) is 0. The summed E-state index contributed by atoms with van der Waals surface area (Å²) in [6.07, 6.45) is 1.75. The molecule has 0 saturated carbocycles. The molecule has 1 saturated heterocycles. The molecule has 0 aromatic heterocycles. The summed E-state index contributed by atoms with van der Waals surface area (Å²) in [4.78, 5) is 11.1. The van der Waals surface area contributed by atoms with Crippen molar-refractivity contribution in [3.8, 4) is 0 Å². The van der Waals surface area contributed by atoms with E-state index in [1.807, 2.05) is 0 Å². The van der Waals surface area contributed by atoms with E-state index in [0.717, 1.165) is 12.8 Å². The highest BCUT2D eigenvalue weighted by Crippen LogP contribution is 2.40. The molecule has 0 spiro atoms. The van der Waals surface area contributed by atoms with Crippen LogP contribution < -0.4 is 0 Å². The van der Waals surface area contributed by atoms with E-state index in [9.17, 15) is 4.79 Å². The third kappa shape index (κ3) is 1.94. The van der Waals surface area contributed by atoms with Crippen LogP contribution in [0.4, 0.5) is 0 Å². The van der Waals surface area contributed by atoms with Gasteiger partial charge in [-0.1, -0.05) is 41.6 Å². The highest BCUT2D eigenvalue weighted by Gasteiger charge is 2.23. The molecule has 2 rings (SSSR count). The number of aryl methyl sites for hydroxylation is 1. The Kier molecular flexibility index (Phi) is 2.40.